The average molecular weight is 306 g/mol. The van der Waals surface area contributed by atoms with E-state index in [-0.39, 0.29) is 0 Å². The monoisotopic (exact) mass is 304 g/mol. The van der Waals surface area contributed by atoms with Crippen LogP contribution in [0.4, 0.5) is 0 Å². The molecule has 0 saturated heterocycles. The van der Waals surface area contributed by atoms with E-state index in [1.54, 1.807) is 0 Å². The fourth-order valence-electron chi connectivity index (χ4n) is 1.58. The number of rotatable bonds is 5. The van der Waals surface area contributed by atoms with E-state index in [0.717, 1.165) is 22.6 Å². The lowest BCUT2D eigenvalue weighted by Gasteiger charge is -2.18. The highest BCUT2D eigenvalue weighted by Gasteiger charge is 2.05. The normalized spacial score (nSPS) is 13.1. The Morgan fingerprint density at radius 1 is 1.44 bits per heavy atom. The van der Waals surface area contributed by atoms with Crippen LogP contribution in [0.25, 0.3) is 0 Å². The summed E-state index contributed by atoms with van der Waals surface area (Å²) in [6, 6.07) is 6.32. The van der Waals surface area contributed by atoms with Gasteiger partial charge < -0.3 is 10.2 Å². The smallest absolute Gasteiger partial charge is 0.0410 e. The second-order valence-electron chi connectivity index (χ2n) is 4.28. The molecule has 0 aliphatic carbocycles. The molecule has 1 atom stereocenters. The molecule has 1 unspecified atom stereocenters. The molecule has 90 valence electrons. The second kappa shape index (κ2) is 6.60. The maximum Gasteiger partial charge on any atom is 0.0410 e. The summed E-state index contributed by atoms with van der Waals surface area (Å²) >= 11 is 9.48. The number of likely N-dealkylation sites (N-methyl/N-ethyl adjacent to an activating group) is 1. The summed E-state index contributed by atoms with van der Waals surface area (Å²) in [5.41, 5.74) is 1.19. The summed E-state index contributed by atoms with van der Waals surface area (Å²) in [7, 11) is 4.15. The first kappa shape index (κ1) is 14.0. The lowest BCUT2D eigenvalue weighted by Crippen LogP contribution is -2.35. The van der Waals surface area contributed by atoms with Crippen LogP contribution in [0.15, 0.2) is 22.7 Å². The summed E-state index contributed by atoms with van der Waals surface area (Å²) in [4.78, 5) is 2.17. The fraction of sp³-hybridized carbons (Fsp3) is 0.500. The van der Waals surface area contributed by atoms with Crippen molar-refractivity contribution in [1.29, 1.82) is 0 Å². The van der Waals surface area contributed by atoms with Gasteiger partial charge in [-0.05, 0) is 44.8 Å². The average Bonchev–Trinajstić information content (AvgIpc) is 2.18. The van der Waals surface area contributed by atoms with E-state index in [9.17, 15) is 0 Å². The first-order valence-electron chi connectivity index (χ1n) is 5.31. The van der Waals surface area contributed by atoms with E-state index < -0.39 is 0 Å². The summed E-state index contributed by atoms with van der Waals surface area (Å²) in [5.74, 6) is 0. The van der Waals surface area contributed by atoms with E-state index in [1.807, 2.05) is 18.2 Å². The predicted octanol–water partition coefficient (Wildman–Crippen LogP) is 3.14. The van der Waals surface area contributed by atoms with Crippen molar-refractivity contribution in [1.82, 2.24) is 10.2 Å². The van der Waals surface area contributed by atoms with Crippen molar-refractivity contribution in [2.45, 2.75) is 19.5 Å². The molecule has 0 fully saturated rings. The zero-order valence-electron chi connectivity index (χ0n) is 9.93. The van der Waals surface area contributed by atoms with Gasteiger partial charge in [0.05, 0.1) is 0 Å². The third kappa shape index (κ3) is 4.83. The number of hydrogen-bond acceptors (Lipinski definition) is 2. The number of hydrogen-bond donors (Lipinski definition) is 1. The van der Waals surface area contributed by atoms with E-state index in [2.05, 4.69) is 47.2 Å². The molecule has 4 heteroatoms. The standard InChI is InChI=1S/C12H18BrClN2/c1-9(8-16(2)3)15-7-10-6-11(14)4-5-12(10)13/h4-6,9,15H,7-8H2,1-3H3. The molecule has 0 aliphatic rings. The lowest BCUT2D eigenvalue weighted by molar-refractivity contribution is 0.349. The van der Waals surface area contributed by atoms with Gasteiger partial charge in [-0.2, -0.15) is 0 Å². The first-order chi connectivity index (χ1) is 7.49. The van der Waals surface area contributed by atoms with Crippen LogP contribution >= 0.6 is 27.5 Å². The Morgan fingerprint density at radius 3 is 2.75 bits per heavy atom. The van der Waals surface area contributed by atoms with Crippen LogP contribution in [-0.2, 0) is 6.54 Å². The first-order valence-corrected chi connectivity index (χ1v) is 6.48. The Labute approximate surface area is 111 Å². The molecule has 2 nitrogen and oxygen atoms in total. The SMILES string of the molecule is CC(CN(C)C)NCc1cc(Cl)ccc1Br. The predicted molar refractivity (Wildman–Crippen MR) is 74.0 cm³/mol. The molecule has 0 saturated carbocycles. The van der Waals surface area contributed by atoms with Crippen molar-refractivity contribution < 1.29 is 0 Å². The van der Waals surface area contributed by atoms with Crippen LogP contribution in [0, 0.1) is 0 Å². The third-order valence-corrected chi connectivity index (χ3v) is 3.30. The Kier molecular flexibility index (Phi) is 5.76. The highest BCUT2D eigenvalue weighted by Crippen LogP contribution is 2.20. The molecule has 16 heavy (non-hydrogen) atoms. The molecule has 0 radical (unpaired) electrons. The van der Waals surface area contributed by atoms with Gasteiger partial charge in [-0.3, -0.25) is 0 Å². The van der Waals surface area contributed by atoms with E-state index in [1.165, 1.54) is 5.56 Å². The summed E-state index contributed by atoms with van der Waals surface area (Å²) in [5, 5.41) is 4.25. The summed E-state index contributed by atoms with van der Waals surface area (Å²) in [6.07, 6.45) is 0. The van der Waals surface area contributed by atoms with Crippen LogP contribution in [0.2, 0.25) is 5.02 Å². The molecular formula is C12H18BrClN2. The van der Waals surface area contributed by atoms with Crippen molar-refractivity contribution in [2.75, 3.05) is 20.6 Å². The molecule has 0 heterocycles. The lowest BCUT2D eigenvalue weighted by atomic mass is 10.2. The van der Waals surface area contributed by atoms with Gasteiger partial charge >= 0.3 is 0 Å². The van der Waals surface area contributed by atoms with Gasteiger partial charge in [-0.1, -0.05) is 27.5 Å². The maximum atomic E-state index is 5.96. The number of nitrogens with zero attached hydrogens (tertiary/aromatic N) is 1. The van der Waals surface area contributed by atoms with Gasteiger partial charge in [-0.25, -0.2) is 0 Å². The van der Waals surface area contributed by atoms with Crippen LogP contribution in [0.5, 0.6) is 0 Å². The summed E-state index contributed by atoms with van der Waals surface area (Å²) in [6.45, 7) is 4.03. The molecule has 1 aromatic carbocycles. The highest BCUT2D eigenvalue weighted by molar-refractivity contribution is 9.10. The Hall–Kier alpha value is -0.0900. The van der Waals surface area contributed by atoms with Gasteiger partial charge in [0.2, 0.25) is 0 Å². The molecule has 1 N–H and O–H groups in total. The maximum absolute atomic E-state index is 5.96. The van der Waals surface area contributed by atoms with Gasteiger partial charge in [-0.15, -0.1) is 0 Å². The highest BCUT2D eigenvalue weighted by atomic mass is 79.9. The van der Waals surface area contributed by atoms with Gasteiger partial charge in [0.25, 0.3) is 0 Å². The third-order valence-electron chi connectivity index (χ3n) is 2.29. The minimum absolute atomic E-state index is 0.459. The van der Waals surface area contributed by atoms with Crippen molar-refractivity contribution in [3.63, 3.8) is 0 Å². The van der Waals surface area contributed by atoms with Crippen molar-refractivity contribution in [3.8, 4) is 0 Å². The Morgan fingerprint density at radius 2 is 2.12 bits per heavy atom. The largest absolute Gasteiger partial charge is 0.309 e. The number of halogens is 2. The molecular weight excluding hydrogens is 288 g/mol. The van der Waals surface area contributed by atoms with E-state index in [4.69, 9.17) is 11.6 Å². The Bertz CT molecular complexity index is 342. The Balaban J connectivity index is 2.51. The molecule has 1 aromatic rings. The van der Waals surface area contributed by atoms with Crippen molar-refractivity contribution in [2.24, 2.45) is 0 Å². The molecule has 0 bridgehead atoms. The molecule has 1 rings (SSSR count). The van der Waals surface area contributed by atoms with Crippen LogP contribution in [0.3, 0.4) is 0 Å². The minimum Gasteiger partial charge on any atom is -0.309 e. The van der Waals surface area contributed by atoms with Crippen LogP contribution < -0.4 is 5.32 Å². The summed E-state index contributed by atoms with van der Waals surface area (Å²) < 4.78 is 1.10. The zero-order valence-corrected chi connectivity index (χ0v) is 12.3. The minimum atomic E-state index is 0.459. The van der Waals surface area contributed by atoms with Crippen LogP contribution in [0.1, 0.15) is 12.5 Å². The van der Waals surface area contributed by atoms with Crippen molar-refractivity contribution >= 4 is 27.5 Å². The fourth-order valence-corrected chi connectivity index (χ4v) is 2.16. The van der Waals surface area contributed by atoms with E-state index >= 15 is 0 Å². The van der Waals surface area contributed by atoms with Gasteiger partial charge in [0.15, 0.2) is 0 Å². The molecule has 0 aliphatic heterocycles. The zero-order chi connectivity index (χ0) is 12.1. The number of nitrogens with one attached hydrogen (secondary N) is 1. The van der Waals surface area contributed by atoms with E-state index in [0.29, 0.717) is 6.04 Å². The number of benzene rings is 1. The molecule has 0 aromatic heterocycles. The quantitative estimate of drug-likeness (QED) is 0.899. The van der Waals surface area contributed by atoms with Crippen LogP contribution in [-0.4, -0.2) is 31.6 Å². The topological polar surface area (TPSA) is 15.3 Å². The van der Waals surface area contributed by atoms with Gasteiger partial charge in [0, 0.05) is 28.6 Å². The van der Waals surface area contributed by atoms with Crippen molar-refractivity contribution in [3.05, 3.63) is 33.3 Å². The second-order valence-corrected chi connectivity index (χ2v) is 5.57. The molecule has 0 spiro atoms. The van der Waals surface area contributed by atoms with Gasteiger partial charge in [0.1, 0.15) is 0 Å². The molecule has 0 amide bonds.